The summed E-state index contributed by atoms with van der Waals surface area (Å²) in [6, 6.07) is 13.5. The first kappa shape index (κ1) is 16.3. The predicted octanol–water partition coefficient (Wildman–Crippen LogP) is 3.29. The number of carbonyl (C=O) groups excluding carboxylic acids is 1. The molecule has 2 aromatic carbocycles. The van der Waals surface area contributed by atoms with Crippen LogP contribution in [0.15, 0.2) is 42.5 Å². The van der Waals surface area contributed by atoms with E-state index in [0.717, 1.165) is 24.0 Å². The Balaban J connectivity index is 2.08. The van der Waals surface area contributed by atoms with Gasteiger partial charge in [-0.05, 0) is 43.4 Å². The first-order valence-corrected chi connectivity index (χ1v) is 8.18. The molecule has 0 aromatic heterocycles. The van der Waals surface area contributed by atoms with Crippen molar-refractivity contribution in [2.24, 2.45) is 5.84 Å². The molecule has 5 heteroatoms. The highest BCUT2D eigenvalue weighted by Crippen LogP contribution is 2.38. The van der Waals surface area contributed by atoms with E-state index >= 15 is 0 Å². The molecule has 1 aliphatic rings. The van der Waals surface area contributed by atoms with Gasteiger partial charge in [-0.15, -0.1) is 0 Å². The van der Waals surface area contributed by atoms with Crippen LogP contribution in [0.2, 0.25) is 0 Å². The molecule has 3 N–H and O–H groups in total. The van der Waals surface area contributed by atoms with E-state index in [2.05, 4.69) is 5.43 Å². The average Bonchev–Trinajstić information content (AvgIpc) is 3.14. The summed E-state index contributed by atoms with van der Waals surface area (Å²) < 4.78 is 11.6. The molecule has 1 saturated carbocycles. The largest absolute Gasteiger partial charge is 0.496 e. The fourth-order valence-corrected chi connectivity index (χ4v) is 3.11. The zero-order valence-corrected chi connectivity index (χ0v) is 13.7. The molecule has 5 nitrogen and oxygen atoms in total. The molecule has 0 atom stereocenters. The number of amides is 1. The van der Waals surface area contributed by atoms with Gasteiger partial charge in [0.15, 0.2) is 0 Å². The lowest BCUT2D eigenvalue weighted by atomic mass is 10.0. The lowest BCUT2D eigenvalue weighted by Crippen LogP contribution is -2.30. The quantitative estimate of drug-likeness (QED) is 0.502. The first-order chi connectivity index (χ1) is 11.7. The summed E-state index contributed by atoms with van der Waals surface area (Å²) in [4.78, 5) is 12.1. The second kappa shape index (κ2) is 7.36. The molecular formula is C19H22N2O3. The van der Waals surface area contributed by atoms with Gasteiger partial charge in [0.2, 0.25) is 0 Å². The molecule has 0 unspecified atom stereocenters. The Hall–Kier alpha value is -2.53. The van der Waals surface area contributed by atoms with Crippen molar-refractivity contribution in [1.82, 2.24) is 5.43 Å². The van der Waals surface area contributed by atoms with E-state index in [9.17, 15) is 4.79 Å². The van der Waals surface area contributed by atoms with E-state index in [-0.39, 0.29) is 6.10 Å². The predicted molar refractivity (Wildman–Crippen MR) is 93.0 cm³/mol. The Morgan fingerprint density at radius 1 is 1.12 bits per heavy atom. The number of hydrogen-bond acceptors (Lipinski definition) is 4. The maximum atomic E-state index is 12.1. The van der Waals surface area contributed by atoms with Crippen molar-refractivity contribution in [3.8, 4) is 22.6 Å². The molecule has 1 aliphatic carbocycles. The number of nitrogens with two attached hydrogens (primary N) is 1. The Labute approximate surface area is 141 Å². The summed E-state index contributed by atoms with van der Waals surface area (Å²) >= 11 is 0. The molecule has 0 bridgehead atoms. The van der Waals surface area contributed by atoms with E-state index < -0.39 is 5.91 Å². The van der Waals surface area contributed by atoms with Gasteiger partial charge in [-0.2, -0.15) is 0 Å². The van der Waals surface area contributed by atoms with Crippen LogP contribution in [0.3, 0.4) is 0 Å². The molecule has 1 amide bonds. The van der Waals surface area contributed by atoms with E-state index in [1.807, 2.05) is 36.4 Å². The maximum absolute atomic E-state index is 12.1. The summed E-state index contributed by atoms with van der Waals surface area (Å²) in [5.74, 6) is 6.05. The number of methoxy groups -OCH3 is 1. The Bertz CT molecular complexity index is 710. The second-order valence-corrected chi connectivity index (χ2v) is 5.91. The van der Waals surface area contributed by atoms with E-state index in [4.69, 9.17) is 15.3 Å². The van der Waals surface area contributed by atoms with Crippen LogP contribution in [0.4, 0.5) is 0 Å². The summed E-state index contributed by atoms with van der Waals surface area (Å²) in [7, 11) is 1.54. The first-order valence-electron chi connectivity index (χ1n) is 8.18. The molecule has 0 aliphatic heterocycles. The minimum Gasteiger partial charge on any atom is -0.496 e. The number of ether oxygens (including phenoxy) is 2. The summed E-state index contributed by atoms with van der Waals surface area (Å²) in [6.07, 6.45) is 4.63. The summed E-state index contributed by atoms with van der Waals surface area (Å²) in [5, 5.41) is 0. The number of carbonyl (C=O) groups is 1. The van der Waals surface area contributed by atoms with Crippen LogP contribution in [0.25, 0.3) is 11.1 Å². The molecule has 0 heterocycles. The maximum Gasteiger partial charge on any atom is 0.269 e. The fourth-order valence-electron chi connectivity index (χ4n) is 3.11. The van der Waals surface area contributed by atoms with Gasteiger partial charge >= 0.3 is 0 Å². The molecule has 0 spiro atoms. The van der Waals surface area contributed by atoms with Crippen molar-refractivity contribution < 1.29 is 14.3 Å². The van der Waals surface area contributed by atoms with Gasteiger partial charge in [-0.3, -0.25) is 10.2 Å². The second-order valence-electron chi connectivity index (χ2n) is 5.91. The van der Waals surface area contributed by atoms with Crippen LogP contribution in [0.5, 0.6) is 11.5 Å². The highest BCUT2D eigenvalue weighted by molar-refractivity contribution is 5.98. The van der Waals surface area contributed by atoms with Crippen LogP contribution >= 0.6 is 0 Å². The average molecular weight is 326 g/mol. The van der Waals surface area contributed by atoms with Crippen molar-refractivity contribution in [2.45, 2.75) is 31.8 Å². The van der Waals surface area contributed by atoms with Gasteiger partial charge in [0, 0.05) is 5.56 Å². The lowest BCUT2D eigenvalue weighted by molar-refractivity contribution is 0.0949. The van der Waals surface area contributed by atoms with Crippen molar-refractivity contribution in [1.29, 1.82) is 0 Å². The molecule has 1 fully saturated rings. The normalized spacial score (nSPS) is 14.4. The van der Waals surface area contributed by atoms with E-state index in [1.54, 1.807) is 6.07 Å². The van der Waals surface area contributed by atoms with Crippen LogP contribution in [-0.2, 0) is 0 Å². The third-order valence-electron chi connectivity index (χ3n) is 4.36. The monoisotopic (exact) mass is 326 g/mol. The number of hydrogen-bond donors (Lipinski definition) is 2. The fraction of sp³-hybridized carbons (Fsp3) is 0.316. The lowest BCUT2D eigenvalue weighted by Gasteiger charge is -2.19. The zero-order valence-electron chi connectivity index (χ0n) is 13.7. The van der Waals surface area contributed by atoms with Crippen LogP contribution in [0, 0.1) is 0 Å². The van der Waals surface area contributed by atoms with Crippen molar-refractivity contribution >= 4 is 5.91 Å². The Kier molecular flexibility index (Phi) is 5.01. The molecule has 126 valence electrons. The van der Waals surface area contributed by atoms with Crippen molar-refractivity contribution in [3.05, 3.63) is 48.0 Å². The summed E-state index contributed by atoms with van der Waals surface area (Å²) in [6.45, 7) is 0. The number of hydrazine groups is 1. The number of rotatable bonds is 5. The molecular weight excluding hydrogens is 304 g/mol. The summed E-state index contributed by atoms with van der Waals surface area (Å²) in [5.41, 5.74) is 4.46. The SMILES string of the molecule is COc1cc(-c2ccccc2)c(OC2CCCC2)cc1C(=O)NN. The van der Waals surface area contributed by atoms with Gasteiger partial charge in [0.1, 0.15) is 11.5 Å². The molecule has 3 rings (SSSR count). The smallest absolute Gasteiger partial charge is 0.269 e. The van der Waals surface area contributed by atoms with E-state index in [0.29, 0.717) is 17.1 Å². The molecule has 0 radical (unpaired) electrons. The van der Waals surface area contributed by atoms with Gasteiger partial charge in [0.25, 0.3) is 5.91 Å². The molecule has 2 aromatic rings. The Morgan fingerprint density at radius 2 is 1.83 bits per heavy atom. The molecule has 0 saturated heterocycles. The van der Waals surface area contributed by atoms with Crippen molar-refractivity contribution in [3.63, 3.8) is 0 Å². The van der Waals surface area contributed by atoms with Gasteiger partial charge in [0.05, 0.1) is 18.8 Å². The van der Waals surface area contributed by atoms with E-state index in [1.165, 1.54) is 20.0 Å². The van der Waals surface area contributed by atoms with Crippen molar-refractivity contribution in [2.75, 3.05) is 7.11 Å². The minimum atomic E-state index is -0.400. The topological polar surface area (TPSA) is 73.6 Å². The third kappa shape index (κ3) is 3.36. The number of benzene rings is 2. The minimum absolute atomic E-state index is 0.189. The standard InChI is InChI=1S/C19H22N2O3/c1-23-17-11-15(13-7-3-2-4-8-13)18(12-16(17)19(22)21-20)24-14-9-5-6-10-14/h2-4,7-8,11-12,14H,5-6,9-10,20H2,1H3,(H,21,22). The van der Waals surface area contributed by atoms with Crippen LogP contribution < -0.4 is 20.7 Å². The zero-order chi connectivity index (χ0) is 16.9. The Morgan fingerprint density at radius 3 is 2.46 bits per heavy atom. The van der Waals surface area contributed by atoms with Gasteiger partial charge < -0.3 is 9.47 Å². The van der Waals surface area contributed by atoms with Gasteiger partial charge in [-0.1, -0.05) is 30.3 Å². The number of nitrogens with one attached hydrogen (secondary N) is 1. The van der Waals surface area contributed by atoms with Crippen LogP contribution in [-0.4, -0.2) is 19.1 Å². The van der Waals surface area contributed by atoms with Crippen LogP contribution in [0.1, 0.15) is 36.0 Å². The van der Waals surface area contributed by atoms with Gasteiger partial charge in [-0.25, -0.2) is 5.84 Å². The highest BCUT2D eigenvalue weighted by Gasteiger charge is 2.22. The highest BCUT2D eigenvalue weighted by atomic mass is 16.5. The number of nitrogen functional groups attached to an aromatic ring is 1. The third-order valence-corrected chi connectivity index (χ3v) is 4.36. The molecule has 24 heavy (non-hydrogen) atoms.